The number of aliphatic carboxylic acids is 1. The fourth-order valence-electron chi connectivity index (χ4n) is 2.51. The Kier molecular flexibility index (Phi) is 4.95. The standard InChI is InChI=1S/C14H20N2O4S/c1-4-20-9(3)12-15-8(2)11(21-12)13(17)16-7-5-6-10(16)14(18)19/h9-10H,4-7H2,1-3H3,(H,18,19)/t9-,10-/m1/s1. The van der Waals surface area contributed by atoms with Gasteiger partial charge in [-0.3, -0.25) is 4.79 Å². The van der Waals surface area contributed by atoms with Crippen LogP contribution in [0.3, 0.4) is 0 Å². The Bertz CT molecular complexity index is 543. The number of carboxylic acids is 1. The van der Waals surface area contributed by atoms with Crippen LogP contribution in [-0.2, 0) is 9.53 Å². The molecule has 1 aliphatic rings. The summed E-state index contributed by atoms with van der Waals surface area (Å²) in [6, 6.07) is -0.716. The summed E-state index contributed by atoms with van der Waals surface area (Å²) < 4.78 is 5.49. The maximum atomic E-state index is 12.6. The number of amides is 1. The van der Waals surface area contributed by atoms with Crippen LogP contribution in [0.4, 0.5) is 0 Å². The van der Waals surface area contributed by atoms with Gasteiger partial charge in [-0.25, -0.2) is 9.78 Å². The van der Waals surface area contributed by atoms with E-state index in [0.717, 1.165) is 11.4 Å². The lowest BCUT2D eigenvalue weighted by Gasteiger charge is -2.20. The highest BCUT2D eigenvalue weighted by atomic mass is 32.1. The third-order valence-electron chi connectivity index (χ3n) is 3.57. The molecule has 1 N–H and O–H groups in total. The zero-order valence-electron chi connectivity index (χ0n) is 12.5. The van der Waals surface area contributed by atoms with E-state index in [2.05, 4.69) is 4.98 Å². The van der Waals surface area contributed by atoms with Crippen LogP contribution >= 0.6 is 11.3 Å². The molecule has 1 amide bonds. The number of carbonyl (C=O) groups is 2. The zero-order chi connectivity index (χ0) is 15.6. The van der Waals surface area contributed by atoms with E-state index in [0.29, 0.717) is 30.1 Å². The van der Waals surface area contributed by atoms with Crippen LogP contribution in [0.5, 0.6) is 0 Å². The molecule has 2 atom stereocenters. The monoisotopic (exact) mass is 312 g/mol. The molecule has 1 aromatic heterocycles. The van der Waals surface area contributed by atoms with Crippen molar-refractivity contribution < 1.29 is 19.4 Å². The lowest BCUT2D eigenvalue weighted by Crippen LogP contribution is -2.40. The minimum absolute atomic E-state index is 0.158. The Morgan fingerprint density at radius 1 is 1.57 bits per heavy atom. The second-order valence-corrected chi connectivity index (χ2v) is 6.09. The summed E-state index contributed by atoms with van der Waals surface area (Å²) in [5.74, 6) is -1.17. The molecule has 2 rings (SSSR count). The summed E-state index contributed by atoms with van der Waals surface area (Å²) >= 11 is 1.30. The van der Waals surface area contributed by atoms with Crippen LogP contribution in [0.1, 0.15) is 53.2 Å². The fraction of sp³-hybridized carbons (Fsp3) is 0.643. The van der Waals surface area contributed by atoms with Crippen molar-refractivity contribution in [1.29, 1.82) is 0 Å². The zero-order valence-corrected chi connectivity index (χ0v) is 13.3. The van der Waals surface area contributed by atoms with Gasteiger partial charge in [0.25, 0.3) is 5.91 Å². The molecule has 0 unspecified atom stereocenters. The maximum Gasteiger partial charge on any atom is 0.326 e. The first-order chi connectivity index (χ1) is 9.95. The predicted molar refractivity (Wildman–Crippen MR) is 78.6 cm³/mol. The number of aryl methyl sites for hydroxylation is 1. The van der Waals surface area contributed by atoms with Crippen molar-refractivity contribution in [2.45, 2.75) is 45.8 Å². The highest BCUT2D eigenvalue weighted by Gasteiger charge is 2.36. The number of hydrogen-bond donors (Lipinski definition) is 1. The molecule has 1 aromatic rings. The third kappa shape index (κ3) is 3.24. The molecule has 0 saturated carbocycles. The van der Waals surface area contributed by atoms with E-state index in [1.54, 1.807) is 6.92 Å². The molecular weight excluding hydrogens is 292 g/mol. The van der Waals surface area contributed by atoms with Crippen molar-refractivity contribution >= 4 is 23.2 Å². The molecule has 0 bridgehead atoms. The maximum absolute atomic E-state index is 12.6. The Labute approximate surface area is 127 Å². The first-order valence-corrected chi connectivity index (χ1v) is 7.90. The normalized spacial score (nSPS) is 19.8. The van der Waals surface area contributed by atoms with Gasteiger partial charge in [-0.2, -0.15) is 0 Å². The molecular formula is C14H20N2O4S. The van der Waals surface area contributed by atoms with Gasteiger partial charge >= 0.3 is 5.97 Å². The first-order valence-electron chi connectivity index (χ1n) is 7.08. The van der Waals surface area contributed by atoms with E-state index < -0.39 is 12.0 Å². The van der Waals surface area contributed by atoms with Gasteiger partial charge in [-0.05, 0) is 33.6 Å². The average molecular weight is 312 g/mol. The van der Waals surface area contributed by atoms with Crippen molar-refractivity contribution in [3.63, 3.8) is 0 Å². The Morgan fingerprint density at radius 3 is 2.90 bits per heavy atom. The third-order valence-corrected chi connectivity index (χ3v) is 4.88. The molecule has 0 aliphatic carbocycles. The van der Waals surface area contributed by atoms with Crippen molar-refractivity contribution in [2.24, 2.45) is 0 Å². The summed E-state index contributed by atoms with van der Waals surface area (Å²) in [5, 5.41) is 9.94. The quantitative estimate of drug-likeness (QED) is 0.902. The highest BCUT2D eigenvalue weighted by Crippen LogP contribution is 2.29. The van der Waals surface area contributed by atoms with Gasteiger partial charge in [0.05, 0.1) is 5.69 Å². The highest BCUT2D eigenvalue weighted by molar-refractivity contribution is 7.13. The number of aromatic nitrogens is 1. The molecule has 1 aliphatic heterocycles. The number of likely N-dealkylation sites (tertiary alicyclic amines) is 1. The summed E-state index contributed by atoms with van der Waals surface area (Å²) in [5.41, 5.74) is 0.641. The minimum Gasteiger partial charge on any atom is -0.480 e. The van der Waals surface area contributed by atoms with Crippen LogP contribution in [0.25, 0.3) is 0 Å². The van der Waals surface area contributed by atoms with Crippen LogP contribution in [-0.4, -0.2) is 46.1 Å². The smallest absolute Gasteiger partial charge is 0.326 e. The summed E-state index contributed by atoms with van der Waals surface area (Å²) in [7, 11) is 0. The van der Waals surface area contributed by atoms with Crippen molar-refractivity contribution in [2.75, 3.05) is 13.2 Å². The van der Waals surface area contributed by atoms with Crippen LogP contribution in [0, 0.1) is 6.92 Å². The second-order valence-electron chi connectivity index (χ2n) is 5.06. The number of ether oxygens (including phenoxy) is 1. The Morgan fingerprint density at radius 2 is 2.29 bits per heavy atom. The van der Waals surface area contributed by atoms with Gasteiger partial charge in [0.1, 0.15) is 22.0 Å². The summed E-state index contributed by atoms with van der Waals surface area (Å²) in [6.07, 6.45) is 1.08. The van der Waals surface area contributed by atoms with Crippen LogP contribution < -0.4 is 0 Å². The van der Waals surface area contributed by atoms with Crippen molar-refractivity contribution in [3.05, 3.63) is 15.6 Å². The first kappa shape index (κ1) is 15.9. The number of carbonyl (C=O) groups excluding carboxylic acids is 1. The fourth-order valence-corrected chi connectivity index (χ4v) is 3.53. The van der Waals surface area contributed by atoms with Gasteiger partial charge in [0.15, 0.2) is 0 Å². The van der Waals surface area contributed by atoms with Crippen molar-refractivity contribution in [3.8, 4) is 0 Å². The number of thiazole rings is 1. The number of nitrogens with zero attached hydrogens (tertiary/aromatic N) is 2. The molecule has 21 heavy (non-hydrogen) atoms. The van der Waals surface area contributed by atoms with Crippen molar-refractivity contribution in [1.82, 2.24) is 9.88 Å². The summed E-state index contributed by atoms with van der Waals surface area (Å²) in [4.78, 5) is 30.1. The van der Waals surface area contributed by atoms with Crippen LogP contribution in [0.2, 0.25) is 0 Å². The number of rotatable bonds is 5. The van der Waals surface area contributed by atoms with Gasteiger partial charge in [-0.1, -0.05) is 0 Å². The SMILES string of the molecule is CCO[C@H](C)c1nc(C)c(C(=O)N2CCC[C@@H]2C(=O)O)s1. The lowest BCUT2D eigenvalue weighted by molar-refractivity contribution is -0.141. The molecule has 7 heteroatoms. The summed E-state index contributed by atoms with van der Waals surface area (Å²) in [6.45, 7) is 6.65. The predicted octanol–water partition coefficient (Wildman–Crippen LogP) is 2.24. The average Bonchev–Trinajstić information content (AvgIpc) is 3.04. The molecule has 116 valence electrons. The Balaban J connectivity index is 2.21. The minimum atomic E-state index is -0.939. The molecule has 1 saturated heterocycles. The molecule has 6 nitrogen and oxygen atoms in total. The molecule has 2 heterocycles. The van der Waals surface area contributed by atoms with Gasteiger partial charge in [-0.15, -0.1) is 11.3 Å². The van der Waals surface area contributed by atoms with Crippen LogP contribution in [0.15, 0.2) is 0 Å². The van der Waals surface area contributed by atoms with E-state index in [1.807, 2.05) is 13.8 Å². The molecule has 1 fully saturated rings. The van der Waals surface area contributed by atoms with E-state index in [1.165, 1.54) is 16.2 Å². The van der Waals surface area contributed by atoms with Gasteiger partial charge < -0.3 is 14.7 Å². The van der Waals surface area contributed by atoms with E-state index in [-0.39, 0.29) is 12.0 Å². The van der Waals surface area contributed by atoms with E-state index in [4.69, 9.17) is 4.74 Å². The number of hydrogen-bond acceptors (Lipinski definition) is 5. The molecule has 0 radical (unpaired) electrons. The second kappa shape index (κ2) is 6.53. The number of carboxylic acid groups (broad SMARTS) is 1. The van der Waals surface area contributed by atoms with E-state index in [9.17, 15) is 14.7 Å². The Hall–Kier alpha value is -1.47. The van der Waals surface area contributed by atoms with E-state index >= 15 is 0 Å². The molecule has 0 spiro atoms. The molecule has 0 aromatic carbocycles. The van der Waals surface area contributed by atoms with Gasteiger partial charge in [0.2, 0.25) is 0 Å². The lowest BCUT2D eigenvalue weighted by atomic mass is 10.2. The van der Waals surface area contributed by atoms with Gasteiger partial charge in [0, 0.05) is 13.2 Å². The topological polar surface area (TPSA) is 79.7 Å². The largest absolute Gasteiger partial charge is 0.480 e.